The number of carbonyl (C=O) groups is 2. The second-order valence-corrected chi connectivity index (χ2v) is 6.45. The Morgan fingerprint density at radius 3 is 2.91 bits per heavy atom. The minimum atomic E-state index is -0.0551. The number of amides is 1. The molecule has 1 atom stereocenters. The molecule has 2 heterocycles. The van der Waals surface area contributed by atoms with Crippen LogP contribution in [-0.2, 0) is 6.42 Å². The number of furan rings is 1. The molecule has 1 fully saturated rings. The number of carbonyl (C=O) groups excluding carboxylic acids is 2. The number of piperidine rings is 1. The van der Waals surface area contributed by atoms with Crippen LogP contribution in [0.1, 0.15) is 57.9 Å². The van der Waals surface area contributed by atoms with Crippen LogP contribution in [0.5, 0.6) is 0 Å². The number of nitrogens with zero attached hydrogens (tertiary/aromatic N) is 1. The molecule has 1 aliphatic carbocycles. The quantitative estimate of drug-likeness (QED) is 0.929. The predicted molar refractivity (Wildman–Crippen MR) is 83.3 cm³/mol. The van der Waals surface area contributed by atoms with Gasteiger partial charge in [0.05, 0.1) is 5.56 Å². The first-order chi connectivity index (χ1) is 10.6. The van der Waals surface area contributed by atoms with E-state index in [2.05, 4.69) is 5.32 Å². The van der Waals surface area contributed by atoms with Gasteiger partial charge in [0, 0.05) is 31.5 Å². The number of aryl methyl sites for hydroxylation is 1. The summed E-state index contributed by atoms with van der Waals surface area (Å²) in [5.41, 5.74) is 1.40. The summed E-state index contributed by atoms with van der Waals surface area (Å²) in [4.78, 5) is 26.7. The van der Waals surface area contributed by atoms with Gasteiger partial charge in [-0.2, -0.15) is 0 Å². The van der Waals surface area contributed by atoms with Gasteiger partial charge < -0.3 is 14.6 Å². The number of hydrogen-bond acceptors (Lipinski definition) is 4. The lowest BCUT2D eigenvalue weighted by Gasteiger charge is -2.32. The highest BCUT2D eigenvalue weighted by molar-refractivity contribution is 6.03. The molecule has 1 saturated heterocycles. The molecule has 0 radical (unpaired) electrons. The first-order valence-corrected chi connectivity index (χ1v) is 8.21. The molecule has 0 saturated carbocycles. The lowest BCUT2D eigenvalue weighted by Crippen LogP contribution is -2.42. The molecule has 0 spiro atoms. The summed E-state index contributed by atoms with van der Waals surface area (Å²) in [6.07, 6.45) is 4.32. The van der Waals surface area contributed by atoms with Gasteiger partial charge in [-0.25, -0.2) is 0 Å². The van der Waals surface area contributed by atoms with Crippen molar-refractivity contribution in [3.8, 4) is 0 Å². The van der Waals surface area contributed by atoms with E-state index in [1.165, 1.54) is 0 Å². The van der Waals surface area contributed by atoms with Gasteiger partial charge in [0.25, 0.3) is 5.91 Å². The largest absolute Gasteiger partial charge is 0.455 e. The smallest absolute Gasteiger partial charge is 0.289 e. The Morgan fingerprint density at radius 1 is 1.36 bits per heavy atom. The zero-order valence-corrected chi connectivity index (χ0v) is 13.4. The first-order valence-electron chi connectivity index (χ1n) is 8.21. The van der Waals surface area contributed by atoms with Crippen molar-refractivity contribution in [2.45, 2.75) is 39.0 Å². The van der Waals surface area contributed by atoms with Crippen molar-refractivity contribution in [3.63, 3.8) is 0 Å². The molecule has 5 heteroatoms. The molecule has 0 aromatic carbocycles. The van der Waals surface area contributed by atoms with Crippen molar-refractivity contribution in [1.29, 1.82) is 0 Å². The topological polar surface area (TPSA) is 62.6 Å². The maximum Gasteiger partial charge on any atom is 0.289 e. The van der Waals surface area contributed by atoms with Gasteiger partial charge in [0.1, 0.15) is 5.76 Å². The summed E-state index contributed by atoms with van der Waals surface area (Å²) < 4.78 is 5.79. The Kier molecular flexibility index (Phi) is 4.34. The van der Waals surface area contributed by atoms with Crippen molar-refractivity contribution >= 4 is 11.7 Å². The van der Waals surface area contributed by atoms with Crippen LogP contribution in [0.3, 0.4) is 0 Å². The van der Waals surface area contributed by atoms with Crippen LogP contribution >= 0.6 is 0 Å². The highest BCUT2D eigenvalue weighted by atomic mass is 16.4. The summed E-state index contributed by atoms with van der Waals surface area (Å²) >= 11 is 0. The van der Waals surface area contributed by atoms with E-state index in [1.54, 1.807) is 0 Å². The second kappa shape index (κ2) is 6.24. The molecule has 1 unspecified atom stereocenters. The van der Waals surface area contributed by atoms with E-state index < -0.39 is 0 Å². The number of hydrogen-bond donors (Lipinski definition) is 1. The van der Waals surface area contributed by atoms with E-state index in [1.807, 2.05) is 18.9 Å². The number of ketones is 1. The Hall–Kier alpha value is -1.62. The van der Waals surface area contributed by atoms with Crippen LogP contribution in [0.2, 0.25) is 0 Å². The molecule has 2 aliphatic rings. The number of nitrogens with one attached hydrogen (secondary N) is 1. The van der Waals surface area contributed by atoms with Crippen molar-refractivity contribution in [3.05, 3.63) is 22.6 Å². The number of fused-ring (bicyclic) bond motifs is 1. The fourth-order valence-corrected chi connectivity index (χ4v) is 3.70. The van der Waals surface area contributed by atoms with Crippen molar-refractivity contribution in [2.24, 2.45) is 5.92 Å². The third-order valence-electron chi connectivity index (χ3n) is 4.80. The summed E-state index contributed by atoms with van der Waals surface area (Å²) in [6.45, 7) is 4.31. The minimum absolute atomic E-state index is 0.0551. The molecule has 1 aliphatic heterocycles. The Labute approximate surface area is 131 Å². The maximum atomic E-state index is 12.8. The Morgan fingerprint density at radius 2 is 2.18 bits per heavy atom. The first kappa shape index (κ1) is 15.3. The van der Waals surface area contributed by atoms with Crippen LogP contribution in [0, 0.1) is 12.8 Å². The summed E-state index contributed by atoms with van der Waals surface area (Å²) in [7, 11) is 1.94. The predicted octanol–water partition coefficient (Wildman–Crippen LogP) is 2.18. The van der Waals surface area contributed by atoms with Crippen molar-refractivity contribution in [1.82, 2.24) is 10.2 Å². The average Bonchev–Trinajstić information content (AvgIpc) is 2.85. The molecule has 22 heavy (non-hydrogen) atoms. The summed E-state index contributed by atoms with van der Waals surface area (Å²) in [5.74, 6) is 1.65. The molecule has 5 nitrogen and oxygen atoms in total. The monoisotopic (exact) mass is 304 g/mol. The fraction of sp³-hybridized carbons (Fsp3) is 0.647. The van der Waals surface area contributed by atoms with Gasteiger partial charge >= 0.3 is 0 Å². The highest BCUT2D eigenvalue weighted by Crippen LogP contribution is 2.30. The van der Waals surface area contributed by atoms with Gasteiger partial charge in [0.2, 0.25) is 0 Å². The van der Waals surface area contributed by atoms with Gasteiger partial charge in [0.15, 0.2) is 11.5 Å². The fourth-order valence-electron chi connectivity index (χ4n) is 3.70. The molecular formula is C17H24N2O3. The van der Waals surface area contributed by atoms with E-state index >= 15 is 0 Å². The van der Waals surface area contributed by atoms with Crippen LogP contribution in [0.25, 0.3) is 0 Å². The van der Waals surface area contributed by atoms with Gasteiger partial charge in [-0.1, -0.05) is 0 Å². The normalized spacial score (nSPS) is 21.8. The van der Waals surface area contributed by atoms with Crippen LogP contribution in [-0.4, -0.2) is 43.3 Å². The maximum absolute atomic E-state index is 12.8. The minimum Gasteiger partial charge on any atom is -0.455 e. The molecule has 1 N–H and O–H groups in total. The average molecular weight is 304 g/mol. The van der Waals surface area contributed by atoms with E-state index in [4.69, 9.17) is 4.42 Å². The highest BCUT2D eigenvalue weighted by Gasteiger charge is 2.32. The zero-order chi connectivity index (χ0) is 15.7. The molecule has 0 bridgehead atoms. The standard InChI is InChI=1S/C17H24N2O3/c1-11-15-13(20)6-3-7-14(15)22-16(11)17(21)19-8-4-5-12(10-19)9-18-2/h12,18H,3-10H2,1-2H3. The van der Waals surface area contributed by atoms with E-state index in [-0.39, 0.29) is 11.7 Å². The van der Waals surface area contributed by atoms with Crippen molar-refractivity contribution < 1.29 is 14.0 Å². The molecule has 1 aromatic heterocycles. The van der Waals surface area contributed by atoms with Crippen LogP contribution < -0.4 is 5.32 Å². The Balaban J connectivity index is 1.82. The third-order valence-corrected chi connectivity index (χ3v) is 4.80. The summed E-state index contributed by atoms with van der Waals surface area (Å²) in [5, 5.41) is 3.19. The second-order valence-electron chi connectivity index (χ2n) is 6.45. The lowest BCUT2D eigenvalue weighted by atomic mass is 9.93. The SMILES string of the molecule is CNCC1CCCN(C(=O)c2oc3c(c2C)C(=O)CCC3)C1. The molecule has 1 aromatic rings. The lowest BCUT2D eigenvalue weighted by molar-refractivity contribution is 0.0639. The van der Waals surface area contributed by atoms with Gasteiger partial charge in [-0.15, -0.1) is 0 Å². The molecule has 120 valence electrons. The van der Waals surface area contributed by atoms with Crippen LogP contribution in [0.4, 0.5) is 0 Å². The van der Waals surface area contributed by atoms with E-state index in [0.717, 1.165) is 50.9 Å². The molecular weight excluding hydrogens is 280 g/mol. The van der Waals surface area contributed by atoms with E-state index in [9.17, 15) is 9.59 Å². The number of likely N-dealkylation sites (tertiary alicyclic amines) is 1. The molecule has 1 amide bonds. The molecule has 3 rings (SSSR count). The Bertz CT molecular complexity index is 589. The zero-order valence-electron chi connectivity index (χ0n) is 13.4. The van der Waals surface area contributed by atoms with Gasteiger partial charge in [-0.05, 0) is 45.7 Å². The van der Waals surface area contributed by atoms with Gasteiger partial charge in [-0.3, -0.25) is 9.59 Å². The van der Waals surface area contributed by atoms with Crippen molar-refractivity contribution in [2.75, 3.05) is 26.7 Å². The number of Topliss-reactive ketones (excluding diaryl/α,β-unsaturated/α-hetero) is 1. The summed E-state index contributed by atoms with van der Waals surface area (Å²) in [6, 6.07) is 0. The van der Waals surface area contributed by atoms with Crippen LogP contribution in [0.15, 0.2) is 4.42 Å². The third kappa shape index (κ3) is 2.70. The van der Waals surface area contributed by atoms with E-state index in [0.29, 0.717) is 29.4 Å². The number of rotatable bonds is 3.